The summed E-state index contributed by atoms with van der Waals surface area (Å²) in [5, 5.41) is 17.8. The third-order valence-corrected chi connectivity index (χ3v) is 5.41. The lowest BCUT2D eigenvalue weighted by atomic mass is 10.1. The third kappa shape index (κ3) is 5.94. The van der Waals surface area contributed by atoms with Crippen molar-refractivity contribution in [3.05, 3.63) is 137 Å². The molecule has 0 amide bonds. The molecule has 4 rings (SSSR count). The van der Waals surface area contributed by atoms with E-state index in [-0.39, 0.29) is 11.4 Å². The van der Waals surface area contributed by atoms with Crippen molar-refractivity contribution in [2.45, 2.75) is 0 Å². The molecule has 0 bridgehead atoms. The molecule has 0 saturated heterocycles. The van der Waals surface area contributed by atoms with Gasteiger partial charge in [-0.25, -0.2) is 4.99 Å². The van der Waals surface area contributed by atoms with Crippen molar-refractivity contribution in [3.8, 4) is 12.1 Å². The van der Waals surface area contributed by atoms with Crippen molar-refractivity contribution in [3.63, 3.8) is 0 Å². The predicted octanol–water partition coefficient (Wildman–Crippen LogP) is 6.96. The average Bonchev–Trinajstić information content (AvgIpc) is 2.94. The molecule has 0 saturated carbocycles. The number of rotatable bonds is 7. The summed E-state index contributed by atoms with van der Waals surface area (Å²) in [6.45, 7) is 0. The molecule has 0 aliphatic heterocycles. The molecular formula is C31H23N5. The fraction of sp³-hybridized carbons (Fsp3) is 0. The van der Waals surface area contributed by atoms with Gasteiger partial charge < -0.3 is 10.6 Å². The fourth-order valence-corrected chi connectivity index (χ4v) is 3.57. The van der Waals surface area contributed by atoms with E-state index in [0.29, 0.717) is 0 Å². The van der Waals surface area contributed by atoms with Crippen LogP contribution >= 0.6 is 0 Å². The van der Waals surface area contributed by atoms with Crippen LogP contribution in [0.4, 0.5) is 17.1 Å². The Morgan fingerprint density at radius 2 is 1.06 bits per heavy atom. The van der Waals surface area contributed by atoms with Crippen molar-refractivity contribution in [1.29, 1.82) is 10.5 Å². The molecule has 0 unspecified atom stereocenters. The SMILES string of the molecule is N#C/C(N)=C(\C#N)N=Cc1ccc(/C=C/c2ccc(N(c3ccccc3)c3ccccc3)cc2)cc1. The molecule has 0 atom stereocenters. The largest absolute Gasteiger partial charge is 0.388 e. The molecule has 4 aromatic rings. The molecule has 0 aliphatic rings. The predicted molar refractivity (Wildman–Crippen MR) is 147 cm³/mol. The van der Waals surface area contributed by atoms with Crippen LogP contribution in [-0.2, 0) is 0 Å². The second-order valence-corrected chi connectivity index (χ2v) is 7.84. The van der Waals surface area contributed by atoms with E-state index in [0.717, 1.165) is 33.8 Å². The molecule has 172 valence electrons. The number of nitrogens with zero attached hydrogens (tertiary/aromatic N) is 4. The molecule has 0 fully saturated rings. The number of hydrogen-bond donors (Lipinski definition) is 1. The Balaban J connectivity index is 1.49. The van der Waals surface area contributed by atoms with E-state index in [2.05, 4.69) is 64.5 Å². The van der Waals surface area contributed by atoms with Gasteiger partial charge in [-0.1, -0.05) is 84.9 Å². The molecule has 5 heteroatoms. The molecular weight excluding hydrogens is 442 g/mol. The van der Waals surface area contributed by atoms with Gasteiger partial charge in [-0.05, 0) is 53.1 Å². The average molecular weight is 466 g/mol. The highest BCUT2D eigenvalue weighted by molar-refractivity contribution is 5.82. The minimum Gasteiger partial charge on any atom is -0.388 e. The second-order valence-electron chi connectivity index (χ2n) is 7.84. The number of nitrogens with two attached hydrogens (primary N) is 1. The first kappa shape index (κ1) is 23.8. The van der Waals surface area contributed by atoms with Gasteiger partial charge in [-0.3, -0.25) is 0 Å². The summed E-state index contributed by atoms with van der Waals surface area (Å²) in [6, 6.07) is 40.3. The summed E-state index contributed by atoms with van der Waals surface area (Å²) in [6.07, 6.45) is 5.61. The lowest BCUT2D eigenvalue weighted by Crippen LogP contribution is -2.09. The summed E-state index contributed by atoms with van der Waals surface area (Å²) >= 11 is 0. The molecule has 0 aliphatic carbocycles. The van der Waals surface area contributed by atoms with Gasteiger partial charge >= 0.3 is 0 Å². The van der Waals surface area contributed by atoms with Crippen molar-refractivity contribution in [1.82, 2.24) is 0 Å². The van der Waals surface area contributed by atoms with E-state index in [4.69, 9.17) is 16.3 Å². The van der Waals surface area contributed by atoms with E-state index in [1.807, 2.05) is 72.8 Å². The Morgan fingerprint density at radius 1 is 0.611 bits per heavy atom. The van der Waals surface area contributed by atoms with Crippen LogP contribution in [0.1, 0.15) is 16.7 Å². The number of aliphatic imine (C=N–C) groups is 1. The monoisotopic (exact) mass is 465 g/mol. The highest BCUT2D eigenvalue weighted by atomic mass is 15.1. The lowest BCUT2D eigenvalue weighted by molar-refractivity contribution is 1.27. The maximum atomic E-state index is 9.03. The number of hydrogen-bond acceptors (Lipinski definition) is 5. The summed E-state index contributed by atoms with van der Waals surface area (Å²) in [7, 11) is 0. The van der Waals surface area contributed by atoms with Crippen molar-refractivity contribution in [2.24, 2.45) is 10.7 Å². The van der Waals surface area contributed by atoms with Gasteiger partial charge in [-0.15, -0.1) is 0 Å². The molecule has 5 nitrogen and oxygen atoms in total. The number of anilines is 3. The zero-order chi connectivity index (χ0) is 25.2. The Bertz CT molecular complexity index is 1430. The van der Waals surface area contributed by atoms with E-state index in [9.17, 15) is 0 Å². The standard InChI is InChI=1S/C31H23N5/c32-21-30(34)31(22-33)35-23-26-15-13-24(14-16-26)11-12-25-17-19-29(20-18-25)36(27-7-3-1-4-8-27)28-9-5-2-6-10-28/h1-20,23H,34H2/b12-11+,31-30-,35-23?. The number of allylic oxidation sites excluding steroid dienone is 2. The molecule has 4 aromatic carbocycles. The minimum absolute atomic E-state index is 0.0944. The van der Waals surface area contributed by atoms with Crippen LogP contribution in [0.5, 0.6) is 0 Å². The van der Waals surface area contributed by atoms with Crippen LogP contribution < -0.4 is 10.6 Å². The molecule has 36 heavy (non-hydrogen) atoms. The third-order valence-electron chi connectivity index (χ3n) is 5.41. The number of benzene rings is 4. The van der Waals surface area contributed by atoms with E-state index in [1.54, 1.807) is 6.07 Å². The van der Waals surface area contributed by atoms with Crippen LogP contribution in [0.15, 0.2) is 126 Å². The molecule has 0 radical (unpaired) electrons. The molecule has 0 aromatic heterocycles. The van der Waals surface area contributed by atoms with Gasteiger partial charge in [0.1, 0.15) is 17.8 Å². The second kappa shape index (κ2) is 11.7. The Morgan fingerprint density at radius 3 is 1.53 bits per heavy atom. The smallest absolute Gasteiger partial charge is 0.174 e. The van der Waals surface area contributed by atoms with Gasteiger partial charge in [0.05, 0.1) is 0 Å². The quantitative estimate of drug-likeness (QED) is 0.181. The summed E-state index contributed by atoms with van der Waals surface area (Å²) in [4.78, 5) is 6.22. The molecule has 0 heterocycles. The highest BCUT2D eigenvalue weighted by Gasteiger charge is 2.11. The first-order valence-electron chi connectivity index (χ1n) is 11.3. The normalized spacial score (nSPS) is 11.6. The van der Waals surface area contributed by atoms with Crippen LogP contribution in [0.2, 0.25) is 0 Å². The van der Waals surface area contributed by atoms with Gasteiger partial charge in [0.25, 0.3) is 0 Å². The first-order chi connectivity index (χ1) is 17.7. The lowest BCUT2D eigenvalue weighted by Gasteiger charge is -2.25. The topological polar surface area (TPSA) is 89.2 Å². The summed E-state index contributed by atoms with van der Waals surface area (Å²) in [5.74, 6) is 0. The van der Waals surface area contributed by atoms with Crippen LogP contribution in [0.25, 0.3) is 12.2 Å². The van der Waals surface area contributed by atoms with Gasteiger partial charge in [0.2, 0.25) is 0 Å². The number of para-hydroxylation sites is 2. The van der Waals surface area contributed by atoms with Crippen molar-refractivity contribution >= 4 is 35.4 Å². The first-order valence-corrected chi connectivity index (χ1v) is 11.3. The van der Waals surface area contributed by atoms with Crippen molar-refractivity contribution in [2.75, 3.05) is 4.90 Å². The Kier molecular flexibility index (Phi) is 7.69. The fourth-order valence-electron chi connectivity index (χ4n) is 3.57. The highest BCUT2D eigenvalue weighted by Crippen LogP contribution is 2.34. The Labute approximate surface area is 211 Å². The van der Waals surface area contributed by atoms with E-state index < -0.39 is 0 Å². The zero-order valence-corrected chi connectivity index (χ0v) is 19.5. The van der Waals surface area contributed by atoms with E-state index in [1.165, 1.54) is 6.21 Å². The van der Waals surface area contributed by atoms with Gasteiger partial charge in [0, 0.05) is 23.3 Å². The van der Waals surface area contributed by atoms with Crippen LogP contribution in [0.3, 0.4) is 0 Å². The van der Waals surface area contributed by atoms with Gasteiger partial charge in [0.15, 0.2) is 5.70 Å². The summed E-state index contributed by atoms with van der Waals surface area (Å²) < 4.78 is 0. The van der Waals surface area contributed by atoms with Gasteiger partial charge in [-0.2, -0.15) is 10.5 Å². The Hall–Kier alpha value is -5.39. The summed E-state index contributed by atoms with van der Waals surface area (Å²) in [5.41, 5.74) is 11.4. The maximum Gasteiger partial charge on any atom is 0.174 e. The van der Waals surface area contributed by atoms with E-state index >= 15 is 0 Å². The minimum atomic E-state index is -0.199. The maximum absolute atomic E-state index is 9.03. The van der Waals surface area contributed by atoms with Crippen LogP contribution in [0, 0.1) is 22.7 Å². The zero-order valence-electron chi connectivity index (χ0n) is 19.5. The van der Waals surface area contributed by atoms with Crippen LogP contribution in [-0.4, -0.2) is 6.21 Å². The molecule has 0 spiro atoms. The number of nitriles is 2. The van der Waals surface area contributed by atoms with Crippen molar-refractivity contribution < 1.29 is 0 Å². The molecule has 2 N–H and O–H groups in total.